The Kier molecular flexibility index (Phi) is 2.15. The van der Waals surface area contributed by atoms with Crippen molar-refractivity contribution in [3.63, 3.8) is 0 Å². The van der Waals surface area contributed by atoms with Gasteiger partial charge in [0, 0.05) is 6.54 Å². The first-order chi connectivity index (χ1) is 3.81. The molecule has 1 atom stereocenters. The van der Waals surface area contributed by atoms with Crippen LogP contribution in [0.5, 0.6) is 0 Å². The van der Waals surface area contributed by atoms with E-state index < -0.39 is 21.7 Å². The first kappa shape index (κ1) is 8.80. The maximum absolute atomic E-state index is 12.4. The fourth-order valence-corrected chi connectivity index (χ4v) is 0.316. The van der Waals surface area contributed by atoms with Crippen LogP contribution >= 0.6 is 0 Å². The first-order valence-electron chi connectivity index (χ1n) is 2.17. The van der Waals surface area contributed by atoms with Crippen LogP contribution in [-0.4, -0.2) is 24.5 Å². The summed E-state index contributed by atoms with van der Waals surface area (Å²) in [5.41, 5.74) is 4.68. The van der Waals surface area contributed by atoms with Crippen molar-refractivity contribution in [2.24, 2.45) is 5.73 Å². The van der Waals surface area contributed by atoms with E-state index in [4.69, 9.17) is 4.55 Å². The molecule has 6 heteroatoms. The molecule has 0 aliphatic carbocycles. The lowest BCUT2D eigenvalue weighted by Gasteiger charge is -2.12. The molecule has 0 aromatic carbocycles. The van der Waals surface area contributed by atoms with Gasteiger partial charge in [-0.25, -0.2) is 4.39 Å². The second-order valence-corrected chi connectivity index (χ2v) is 3.58. The molecule has 0 bridgehead atoms. The maximum atomic E-state index is 12.4. The minimum atomic E-state index is -4.64. The van der Waals surface area contributed by atoms with Gasteiger partial charge in [0.05, 0.1) is 0 Å². The van der Waals surface area contributed by atoms with Crippen molar-refractivity contribution in [2.45, 2.75) is 11.9 Å². The van der Waals surface area contributed by atoms with Gasteiger partial charge in [-0.05, 0) is 6.92 Å². The van der Waals surface area contributed by atoms with E-state index in [1.165, 1.54) is 0 Å². The summed E-state index contributed by atoms with van der Waals surface area (Å²) >= 11 is 0. The molecule has 0 spiro atoms. The molecular weight excluding hydrogens is 149 g/mol. The summed E-state index contributed by atoms with van der Waals surface area (Å²) in [5.74, 6) is 0. The molecule has 4 nitrogen and oxygen atoms in total. The van der Waals surface area contributed by atoms with Crippen LogP contribution in [-0.2, 0) is 10.1 Å². The highest BCUT2D eigenvalue weighted by atomic mass is 32.2. The number of alkyl halides is 1. The van der Waals surface area contributed by atoms with E-state index in [-0.39, 0.29) is 0 Å². The van der Waals surface area contributed by atoms with Crippen LogP contribution in [0.2, 0.25) is 0 Å². The Morgan fingerprint density at radius 1 is 1.78 bits per heavy atom. The van der Waals surface area contributed by atoms with Gasteiger partial charge in [-0.15, -0.1) is 0 Å². The van der Waals surface area contributed by atoms with Crippen molar-refractivity contribution >= 4 is 10.1 Å². The zero-order valence-corrected chi connectivity index (χ0v) is 5.65. The molecule has 56 valence electrons. The molecule has 1 unspecified atom stereocenters. The van der Waals surface area contributed by atoms with Gasteiger partial charge >= 0.3 is 10.1 Å². The average molecular weight is 157 g/mol. The van der Waals surface area contributed by atoms with Gasteiger partial charge in [0.2, 0.25) is 5.00 Å². The van der Waals surface area contributed by atoms with Crippen LogP contribution in [0.1, 0.15) is 6.92 Å². The lowest BCUT2D eigenvalue weighted by Crippen LogP contribution is -2.37. The molecule has 0 saturated carbocycles. The molecule has 0 aliphatic heterocycles. The van der Waals surface area contributed by atoms with Crippen LogP contribution in [0.15, 0.2) is 0 Å². The van der Waals surface area contributed by atoms with Crippen molar-refractivity contribution in [3.05, 3.63) is 0 Å². The van der Waals surface area contributed by atoms with Crippen molar-refractivity contribution in [1.82, 2.24) is 0 Å². The third-order valence-electron chi connectivity index (χ3n) is 0.902. The SMILES string of the molecule is CC(F)(CN)S(=O)(=O)O. The zero-order chi connectivity index (χ0) is 7.71. The molecule has 0 heterocycles. The van der Waals surface area contributed by atoms with E-state index in [9.17, 15) is 12.8 Å². The van der Waals surface area contributed by atoms with E-state index in [1.54, 1.807) is 0 Å². The maximum Gasteiger partial charge on any atom is 0.301 e. The Balaban J connectivity index is 4.56. The molecule has 0 aliphatic rings. The molecule has 0 radical (unpaired) electrons. The van der Waals surface area contributed by atoms with Crippen LogP contribution < -0.4 is 5.73 Å². The van der Waals surface area contributed by atoms with E-state index in [0.29, 0.717) is 6.92 Å². The highest BCUT2D eigenvalue weighted by Crippen LogP contribution is 2.14. The Labute approximate surface area is 52.6 Å². The minimum absolute atomic E-state index is 0.697. The van der Waals surface area contributed by atoms with Gasteiger partial charge in [-0.1, -0.05) is 0 Å². The predicted molar refractivity (Wildman–Crippen MR) is 30.1 cm³/mol. The molecule has 0 rings (SSSR count). The topological polar surface area (TPSA) is 80.4 Å². The Hall–Kier alpha value is -0.200. The van der Waals surface area contributed by atoms with E-state index in [0.717, 1.165) is 0 Å². The standard InChI is InChI=1S/C3H8FNO3S/c1-3(4,2-5)9(6,7)8/h2,5H2,1H3,(H,6,7,8). The van der Waals surface area contributed by atoms with Crippen LogP contribution in [0.25, 0.3) is 0 Å². The summed E-state index contributed by atoms with van der Waals surface area (Å²) in [5, 5.41) is -2.72. The molecule has 0 fully saturated rings. The molecule has 9 heavy (non-hydrogen) atoms. The van der Waals surface area contributed by atoms with Crippen LogP contribution in [0.3, 0.4) is 0 Å². The molecule has 0 amide bonds. The number of nitrogens with two attached hydrogens (primary N) is 1. The highest BCUT2D eigenvalue weighted by molar-refractivity contribution is 7.87. The van der Waals surface area contributed by atoms with Gasteiger partial charge in [0.1, 0.15) is 0 Å². The average Bonchev–Trinajstić information content (AvgIpc) is 1.64. The second-order valence-electron chi connectivity index (χ2n) is 1.78. The van der Waals surface area contributed by atoms with Gasteiger partial charge < -0.3 is 5.73 Å². The summed E-state index contributed by atoms with van der Waals surface area (Å²) in [6, 6.07) is 0. The highest BCUT2D eigenvalue weighted by Gasteiger charge is 2.36. The Morgan fingerprint density at radius 2 is 2.11 bits per heavy atom. The summed E-state index contributed by atoms with van der Waals surface area (Å²) < 4.78 is 40.4. The monoisotopic (exact) mass is 157 g/mol. The normalized spacial score (nSPS) is 19.1. The third kappa shape index (κ3) is 1.88. The zero-order valence-electron chi connectivity index (χ0n) is 4.83. The summed E-state index contributed by atoms with van der Waals surface area (Å²) in [7, 11) is -4.64. The van der Waals surface area contributed by atoms with Gasteiger partial charge in [0.25, 0.3) is 0 Å². The largest absolute Gasteiger partial charge is 0.327 e. The van der Waals surface area contributed by atoms with E-state index in [1.807, 2.05) is 0 Å². The molecular formula is C3H8FNO3S. The Bertz CT molecular complexity index is 185. The van der Waals surface area contributed by atoms with Gasteiger partial charge in [-0.2, -0.15) is 8.42 Å². The van der Waals surface area contributed by atoms with Crippen LogP contribution in [0, 0.1) is 0 Å². The number of hydrogen-bond acceptors (Lipinski definition) is 3. The lowest BCUT2D eigenvalue weighted by atomic mass is 10.4. The third-order valence-corrected chi connectivity index (χ3v) is 2.14. The number of rotatable bonds is 2. The number of halogens is 1. The van der Waals surface area contributed by atoms with E-state index >= 15 is 0 Å². The molecule has 0 saturated heterocycles. The molecule has 0 aromatic rings. The quantitative estimate of drug-likeness (QED) is 0.530. The smallest absolute Gasteiger partial charge is 0.301 e. The fourth-order valence-electron chi connectivity index (χ4n) is 0.105. The van der Waals surface area contributed by atoms with Crippen LogP contribution in [0.4, 0.5) is 4.39 Å². The lowest BCUT2D eigenvalue weighted by molar-refractivity contribution is 0.274. The van der Waals surface area contributed by atoms with Crippen molar-refractivity contribution in [1.29, 1.82) is 0 Å². The van der Waals surface area contributed by atoms with Crippen molar-refractivity contribution < 1.29 is 17.4 Å². The van der Waals surface area contributed by atoms with Crippen molar-refractivity contribution in [2.75, 3.05) is 6.54 Å². The number of hydrogen-bond donors (Lipinski definition) is 2. The second kappa shape index (κ2) is 2.20. The summed E-state index contributed by atoms with van der Waals surface area (Å²) in [4.78, 5) is 0. The summed E-state index contributed by atoms with van der Waals surface area (Å²) in [6.07, 6.45) is 0. The minimum Gasteiger partial charge on any atom is -0.327 e. The first-order valence-corrected chi connectivity index (χ1v) is 3.61. The van der Waals surface area contributed by atoms with Crippen molar-refractivity contribution in [3.8, 4) is 0 Å². The molecule has 0 aromatic heterocycles. The molecule has 3 N–H and O–H groups in total. The fraction of sp³-hybridized carbons (Fsp3) is 1.00. The predicted octanol–water partition coefficient (Wildman–Crippen LogP) is -0.481. The van der Waals surface area contributed by atoms with Gasteiger partial charge in [0.15, 0.2) is 0 Å². The summed E-state index contributed by atoms with van der Waals surface area (Å²) in [6.45, 7) is -0.0475. The Morgan fingerprint density at radius 3 is 2.11 bits per heavy atom. The van der Waals surface area contributed by atoms with Gasteiger partial charge in [-0.3, -0.25) is 4.55 Å². The van der Waals surface area contributed by atoms with E-state index in [2.05, 4.69) is 5.73 Å².